The summed E-state index contributed by atoms with van der Waals surface area (Å²) in [5.74, 6) is 0.165. The van der Waals surface area contributed by atoms with Gasteiger partial charge in [0.25, 0.3) is 0 Å². The van der Waals surface area contributed by atoms with Crippen molar-refractivity contribution in [2.24, 2.45) is 0 Å². The lowest BCUT2D eigenvalue weighted by molar-refractivity contribution is -0.143. The van der Waals surface area contributed by atoms with Crippen LogP contribution in [0.5, 0.6) is 0 Å². The van der Waals surface area contributed by atoms with Gasteiger partial charge in [0.05, 0.1) is 0 Å². The number of hydrogen-bond donors (Lipinski definition) is 0. The van der Waals surface area contributed by atoms with Gasteiger partial charge in [0.1, 0.15) is 5.60 Å². The van der Waals surface area contributed by atoms with Gasteiger partial charge in [-0.2, -0.15) is 0 Å². The molecule has 0 spiro atoms. The molecule has 13 heavy (non-hydrogen) atoms. The molecule has 0 aromatic heterocycles. The summed E-state index contributed by atoms with van der Waals surface area (Å²) in [6.45, 7) is 6.29. The Hall–Kier alpha value is -0.630. The topological polar surface area (TPSA) is 26.3 Å². The Balaban J connectivity index is 2.76. The van der Waals surface area contributed by atoms with E-state index < -0.39 is 5.60 Å². The molecule has 2 heteroatoms. The summed E-state index contributed by atoms with van der Waals surface area (Å²) < 4.78 is 5.59. The predicted molar refractivity (Wildman–Crippen MR) is 52.6 cm³/mol. The minimum absolute atomic E-state index is 0.165. The van der Waals surface area contributed by atoms with E-state index in [1.807, 2.05) is 6.92 Å². The largest absolute Gasteiger partial charge is 0.367 e. The third-order valence-corrected chi connectivity index (χ3v) is 2.77. The zero-order valence-corrected chi connectivity index (χ0v) is 8.72. The van der Waals surface area contributed by atoms with E-state index in [-0.39, 0.29) is 5.78 Å². The van der Waals surface area contributed by atoms with Crippen LogP contribution in [0.15, 0.2) is 11.6 Å². The summed E-state index contributed by atoms with van der Waals surface area (Å²) in [7, 11) is 0. The van der Waals surface area contributed by atoms with Gasteiger partial charge >= 0.3 is 0 Å². The van der Waals surface area contributed by atoms with E-state index in [9.17, 15) is 4.79 Å². The summed E-state index contributed by atoms with van der Waals surface area (Å²) in [5.41, 5.74) is 0.866. The molecule has 0 heterocycles. The van der Waals surface area contributed by atoms with E-state index in [1.54, 1.807) is 6.92 Å². The number of allylic oxidation sites excluding steroid dienone is 1. The van der Waals surface area contributed by atoms with Crippen LogP contribution in [0.3, 0.4) is 0 Å². The van der Waals surface area contributed by atoms with E-state index in [4.69, 9.17) is 4.74 Å². The van der Waals surface area contributed by atoms with Crippen LogP contribution >= 0.6 is 0 Å². The van der Waals surface area contributed by atoms with Crippen molar-refractivity contribution in [2.45, 2.75) is 45.6 Å². The highest BCUT2D eigenvalue weighted by Crippen LogP contribution is 2.31. The van der Waals surface area contributed by atoms with E-state index in [0.717, 1.165) is 19.3 Å². The summed E-state index contributed by atoms with van der Waals surface area (Å²) in [6.07, 6.45) is 4.71. The van der Waals surface area contributed by atoms with E-state index in [0.29, 0.717) is 6.61 Å². The van der Waals surface area contributed by atoms with Gasteiger partial charge in [-0.25, -0.2) is 0 Å². The number of rotatable bonds is 3. The molecular weight excluding hydrogens is 164 g/mol. The molecule has 74 valence electrons. The van der Waals surface area contributed by atoms with E-state index in [1.165, 1.54) is 5.57 Å². The SMILES string of the molecule is CCOC1(C(C)=O)CC=C(C)CC1. The minimum atomic E-state index is -0.506. The molecule has 0 amide bonds. The van der Waals surface area contributed by atoms with Gasteiger partial charge in [-0.3, -0.25) is 4.79 Å². The quantitative estimate of drug-likeness (QED) is 0.627. The first-order valence-corrected chi connectivity index (χ1v) is 4.91. The Morgan fingerprint density at radius 2 is 2.38 bits per heavy atom. The Labute approximate surface area is 80.0 Å². The van der Waals surface area contributed by atoms with Gasteiger partial charge in [-0.1, -0.05) is 11.6 Å². The third kappa shape index (κ3) is 2.19. The van der Waals surface area contributed by atoms with Gasteiger partial charge in [-0.15, -0.1) is 0 Å². The first kappa shape index (κ1) is 10.5. The number of ether oxygens (including phenoxy) is 1. The summed E-state index contributed by atoms with van der Waals surface area (Å²) in [6, 6.07) is 0. The average Bonchev–Trinajstić information content (AvgIpc) is 2.09. The van der Waals surface area contributed by atoms with Crippen molar-refractivity contribution in [1.29, 1.82) is 0 Å². The molecule has 1 aliphatic rings. The van der Waals surface area contributed by atoms with E-state index >= 15 is 0 Å². The molecule has 1 aliphatic carbocycles. The second-order valence-corrected chi connectivity index (χ2v) is 3.74. The van der Waals surface area contributed by atoms with E-state index in [2.05, 4.69) is 13.0 Å². The van der Waals surface area contributed by atoms with Crippen LogP contribution in [0.1, 0.15) is 40.0 Å². The maximum Gasteiger partial charge on any atom is 0.161 e. The van der Waals surface area contributed by atoms with Gasteiger partial charge in [0.15, 0.2) is 5.78 Å². The van der Waals surface area contributed by atoms with Gasteiger partial charge in [0.2, 0.25) is 0 Å². The van der Waals surface area contributed by atoms with Crippen molar-refractivity contribution in [1.82, 2.24) is 0 Å². The summed E-state index contributed by atoms with van der Waals surface area (Å²) >= 11 is 0. The Morgan fingerprint density at radius 3 is 2.77 bits per heavy atom. The van der Waals surface area contributed by atoms with Crippen LogP contribution in [0.25, 0.3) is 0 Å². The highest BCUT2D eigenvalue weighted by atomic mass is 16.5. The van der Waals surface area contributed by atoms with Gasteiger partial charge < -0.3 is 4.74 Å². The van der Waals surface area contributed by atoms with Crippen LogP contribution in [-0.2, 0) is 9.53 Å². The number of ketones is 1. The first-order valence-electron chi connectivity index (χ1n) is 4.91. The second kappa shape index (κ2) is 4.05. The number of hydrogen-bond acceptors (Lipinski definition) is 2. The van der Waals surface area contributed by atoms with Crippen LogP contribution < -0.4 is 0 Å². The number of carbonyl (C=O) groups excluding carboxylic acids is 1. The monoisotopic (exact) mass is 182 g/mol. The molecule has 1 unspecified atom stereocenters. The van der Waals surface area contributed by atoms with Crippen molar-refractivity contribution in [3.05, 3.63) is 11.6 Å². The lowest BCUT2D eigenvalue weighted by Gasteiger charge is -2.33. The lowest BCUT2D eigenvalue weighted by Crippen LogP contribution is -2.41. The fourth-order valence-electron chi connectivity index (χ4n) is 1.77. The van der Waals surface area contributed by atoms with Gasteiger partial charge in [0, 0.05) is 13.0 Å². The molecule has 0 aromatic rings. The smallest absolute Gasteiger partial charge is 0.161 e. The number of carbonyl (C=O) groups is 1. The van der Waals surface area contributed by atoms with Gasteiger partial charge in [-0.05, 0) is 33.6 Å². The first-order chi connectivity index (χ1) is 6.10. The van der Waals surface area contributed by atoms with Crippen molar-refractivity contribution < 1.29 is 9.53 Å². The lowest BCUT2D eigenvalue weighted by atomic mass is 9.83. The molecule has 2 nitrogen and oxygen atoms in total. The third-order valence-electron chi connectivity index (χ3n) is 2.77. The normalized spacial score (nSPS) is 28.4. The Kier molecular flexibility index (Phi) is 3.26. The standard InChI is InChI=1S/C11H18O2/c1-4-13-11(10(3)12)7-5-9(2)6-8-11/h5H,4,6-8H2,1-3H3. The zero-order chi connectivity index (χ0) is 9.90. The maximum absolute atomic E-state index is 11.5. The molecular formula is C11H18O2. The molecule has 0 aliphatic heterocycles. The minimum Gasteiger partial charge on any atom is -0.367 e. The fourth-order valence-corrected chi connectivity index (χ4v) is 1.77. The number of Topliss-reactive ketones (excluding diaryl/α,β-unsaturated/α-hetero) is 1. The van der Waals surface area contributed by atoms with Crippen molar-refractivity contribution in [3.63, 3.8) is 0 Å². The van der Waals surface area contributed by atoms with Crippen LogP contribution in [0, 0.1) is 0 Å². The molecule has 0 fully saturated rings. The molecule has 0 saturated carbocycles. The highest BCUT2D eigenvalue weighted by Gasteiger charge is 2.36. The Morgan fingerprint density at radius 1 is 1.69 bits per heavy atom. The molecule has 0 aromatic carbocycles. The van der Waals surface area contributed by atoms with Crippen LogP contribution in [0.2, 0.25) is 0 Å². The van der Waals surface area contributed by atoms with Crippen molar-refractivity contribution >= 4 is 5.78 Å². The molecule has 1 rings (SSSR count). The second-order valence-electron chi connectivity index (χ2n) is 3.74. The Bertz CT molecular complexity index is 230. The zero-order valence-electron chi connectivity index (χ0n) is 8.72. The fraction of sp³-hybridized carbons (Fsp3) is 0.727. The van der Waals surface area contributed by atoms with Crippen LogP contribution in [-0.4, -0.2) is 18.0 Å². The summed E-state index contributed by atoms with van der Waals surface area (Å²) in [5, 5.41) is 0. The maximum atomic E-state index is 11.5. The molecule has 0 saturated heterocycles. The van der Waals surface area contributed by atoms with Crippen molar-refractivity contribution in [2.75, 3.05) is 6.61 Å². The molecule has 0 N–H and O–H groups in total. The van der Waals surface area contributed by atoms with Crippen molar-refractivity contribution in [3.8, 4) is 0 Å². The molecule has 1 atom stereocenters. The average molecular weight is 182 g/mol. The summed E-state index contributed by atoms with van der Waals surface area (Å²) in [4.78, 5) is 11.5. The predicted octanol–water partition coefficient (Wildman–Crippen LogP) is 2.48. The van der Waals surface area contributed by atoms with Crippen LogP contribution in [0.4, 0.5) is 0 Å². The highest BCUT2D eigenvalue weighted by molar-refractivity contribution is 5.85. The molecule has 0 radical (unpaired) electrons. The molecule has 0 bridgehead atoms.